The van der Waals surface area contributed by atoms with E-state index >= 15 is 0 Å². The summed E-state index contributed by atoms with van der Waals surface area (Å²) in [6.07, 6.45) is 1.91. The summed E-state index contributed by atoms with van der Waals surface area (Å²) in [5.74, 6) is 0.0109. The van der Waals surface area contributed by atoms with Gasteiger partial charge in [0.1, 0.15) is 11.8 Å². The number of hydrogen-bond donors (Lipinski definition) is 0. The smallest absolute Gasteiger partial charge is 0.338 e. The van der Waals surface area contributed by atoms with E-state index < -0.39 is 12.0 Å². The zero-order valence-electron chi connectivity index (χ0n) is 26.9. The van der Waals surface area contributed by atoms with Crippen molar-refractivity contribution in [2.45, 2.75) is 26.8 Å². The van der Waals surface area contributed by atoms with Crippen molar-refractivity contribution in [2.75, 3.05) is 13.7 Å². The van der Waals surface area contributed by atoms with E-state index in [1.54, 1.807) is 18.6 Å². The molecular weight excluding hydrogens is 642 g/mol. The van der Waals surface area contributed by atoms with Gasteiger partial charge in [-0.2, -0.15) is 0 Å². The Bertz CT molecular complexity index is 2420. The van der Waals surface area contributed by atoms with E-state index in [9.17, 15) is 9.59 Å². The van der Waals surface area contributed by atoms with Crippen molar-refractivity contribution in [2.24, 2.45) is 4.99 Å². The molecule has 9 heteroatoms. The molecule has 0 saturated heterocycles. The van der Waals surface area contributed by atoms with Gasteiger partial charge in [0.25, 0.3) is 5.56 Å². The Kier molecular flexibility index (Phi) is 8.37. The molecule has 7 rings (SSSR count). The first-order chi connectivity index (χ1) is 23.3. The van der Waals surface area contributed by atoms with Crippen molar-refractivity contribution in [3.63, 3.8) is 0 Å². The standard InChI is InChI=1S/C39H32ClN3O4S/c1-5-47-38(45)34-35(26-12-7-6-8-13-26)41-39-43(36(34)33-30-14-10-9-11-25(30)15-20-31(33)46-4)37(44)32(48-39)22-27-21-23(2)42(24(27)3)29-18-16-28(40)17-19-29/h6-22,36H,5H2,1-4H3/b32-22+. The zero-order valence-corrected chi connectivity index (χ0v) is 28.4. The second kappa shape index (κ2) is 12.8. The van der Waals surface area contributed by atoms with E-state index in [-0.39, 0.29) is 17.7 Å². The van der Waals surface area contributed by atoms with Gasteiger partial charge in [-0.15, -0.1) is 0 Å². The first kappa shape index (κ1) is 31.4. The fraction of sp³-hybridized carbons (Fsp3) is 0.154. The number of hydrogen-bond acceptors (Lipinski definition) is 6. The highest BCUT2D eigenvalue weighted by molar-refractivity contribution is 7.07. The third kappa shape index (κ3) is 5.37. The molecule has 0 amide bonds. The normalized spacial score (nSPS) is 14.6. The van der Waals surface area contributed by atoms with Gasteiger partial charge in [-0.05, 0) is 79.6 Å². The lowest BCUT2D eigenvalue weighted by Crippen LogP contribution is -2.40. The Labute approximate surface area is 286 Å². The van der Waals surface area contributed by atoms with Crippen LogP contribution in [-0.2, 0) is 9.53 Å². The minimum atomic E-state index is -0.875. The van der Waals surface area contributed by atoms with Gasteiger partial charge < -0.3 is 14.0 Å². The fourth-order valence-electron chi connectivity index (χ4n) is 6.51. The Balaban J connectivity index is 1.54. The Morgan fingerprint density at radius 1 is 0.979 bits per heavy atom. The average molecular weight is 674 g/mol. The van der Waals surface area contributed by atoms with E-state index in [2.05, 4.69) is 10.6 Å². The molecule has 1 aliphatic rings. The maximum absolute atomic E-state index is 14.7. The summed E-state index contributed by atoms with van der Waals surface area (Å²) in [5.41, 5.74) is 5.78. The van der Waals surface area contributed by atoms with E-state index in [1.807, 2.05) is 111 Å². The first-order valence-corrected chi connectivity index (χ1v) is 16.8. The van der Waals surface area contributed by atoms with Crippen LogP contribution in [0.15, 0.2) is 112 Å². The molecule has 0 spiro atoms. The molecule has 3 heterocycles. The van der Waals surface area contributed by atoms with Crippen molar-refractivity contribution in [1.29, 1.82) is 0 Å². The number of thiazole rings is 1. The molecule has 2 aromatic heterocycles. The van der Waals surface area contributed by atoms with E-state index in [0.29, 0.717) is 31.4 Å². The average Bonchev–Trinajstić information content (AvgIpc) is 3.57. The van der Waals surface area contributed by atoms with Gasteiger partial charge in [0.05, 0.1) is 29.5 Å². The minimum absolute atomic E-state index is 0.164. The van der Waals surface area contributed by atoms with Crippen LogP contribution in [0.5, 0.6) is 5.75 Å². The predicted molar refractivity (Wildman–Crippen MR) is 192 cm³/mol. The van der Waals surface area contributed by atoms with Crippen LogP contribution < -0.4 is 19.6 Å². The number of carbonyl (C=O) groups excluding carboxylic acids is 1. The number of esters is 1. The largest absolute Gasteiger partial charge is 0.496 e. The lowest BCUT2D eigenvalue weighted by atomic mass is 9.89. The van der Waals surface area contributed by atoms with Gasteiger partial charge in [-0.25, -0.2) is 9.79 Å². The molecule has 48 heavy (non-hydrogen) atoms. The Hall–Kier alpha value is -5.18. The number of aryl methyl sites for hydroxylation is 1. The topological polar surface area (TPSA) is 74.8 Å². The lowest BCUT2D eigenvalue weighted by Gasteiger charge is -2.28. The first-order valence-electron chi connectivity index (χ1n) is 15.6. The zero-order chi connectivity index (χ0) is 33.5. The SMILES string of the molecule is CCOC(=O)C1=C(c2ccccc2)N=c2s/c(=C/c3cc(C)n(-c4ccc(Cl)cc4)c3C)c(=O)n2C1c1c(OC)ccc2ccccc12. The summed E-state index contributed by atoms with van der Waals surface area (Å²) in [6, 6.07) is 30.1. The highest BCUT2D eigenvalue weighted by Crippen LogP contribution is 2.42. The summed E-state index contributed by atoms with van der Waals surface area (Å²) in [6.45, 7) is 5.99. The minimum Gasteiger partial charge on any atom is -0.496 e. The van der Waals surface area contributed by atoms with Gasteiger partial charge in [-0.1, -0.05) is 83.6 Å². The summed E-state index contributed by atoms with van der Waals surface area (Å²) in [7, 11) is 1.60. The van der Waals surface area contributed by atoms with Crippen molar-refractivity contribution in [3.05, 3.63) is 155 Å². The summed E-state index contributed by atoms with van der Waals surface area (Å²) in [4.78, 5) is 34.2. The highest BCUT2D eigenvalue weighted by atomic mass is 35.5. The van der Waals surface area contributed by atoms with Crippen LogP contribution in [0.2, 0.25) is 5.02 Å². The monoisotopic (exact) mass is 673 g/mol. The molecule has 0 N–H and O–H groups in total. The number of methoxy groups -OCH3 is 1. The van der Waals surface area contributed by atoms with Gasteiger partial charge >= 0.3 is 5.97 Å². The molecule has 240 valence electrons. The number of benzene rings is 4. The Morgan fingerprint density at radius 2 is 1.71 bits per heavy atom. The number of ether oxygens (including phenoxy) is 2. The molecule has 6 aromatic rings. The molecule has 0 fully saturated rings. The molecule has 0 saturated carbocycles. The summed E-state index contributed by atoms with van der Waals surface area (Å²) in [5, 5.41) is 2.47. The molecule has 1 unspecified atom stereocenters. The summed E-state index contributed by atoms with van der Waals surface area (Å²) >= 11 is 7.46. The van der Waals surface area contributed by atoms with Gasteiger partial charge in [0, 0.05) is 33.2 Å². The van der Waals surface area contributed by atoms with Crippen molar-refractivity contribution >= 4 is 51.5 Å². The van der Waals surface area contributed by atoms with Crippen LogP contribution in [0.25, 0.3) is 28.2 Å². The van der Waals surface area contributed by atoms with Gasteiger partial charge in [-0.3, -0.25) is 9.36 Å². The maximum atomic E-state index is 14.7. The van der Waals surface area contributed by atoms with Crippen LogP contribution in [-0.4, -0.2) is 28.8 Å². The number of nitrogens with zero attached hydrogens (tertiary/aromatic N) is 3. The molecule has 1 aliphatic heterocycles. The molecule has 0 aliphatic carbocycles. The van der Waals surface area contributed by atoms with E-state index in [1.165, 1.54) is 11.3 Å². The number of rotatable bonds is 7. The molecule has 1 atom stereocenters. The fourth-order valence-corrected chi connectivity index (χ4v) is 7.63. The molecule has 7 nitrogen and oxygen atoms in total. The molecule has 0 radical (unpaired) electrons. The summed E-state index contributed by atoms with van der Waals surface area (Å²) < 4.78 is 15.9. The quantitative estimate of drug-likeness (QED) is 0.169. The van der Waals surface area contributed by atoms with Crippen LogP contribution in [0.4, 0.5) is 0 Å². The number of aromatic nitrogens is 2. The van der Waals surface area contributed by atoms with E-state index in [0.717, 1.165) is 39.0 Å². The van der Waals surface area contributed by atoms with Crippen molar-refractivity contribution < 1.29 is 14.3 Å². The van der Waals surface area contributed by atoms with E-state index in [4.69, 9.17) is 26.1 Å². The number of halogens is 1. The maximum Gasteiger partial charge on any atom is 0.338 e. The number of fused-ring (bicyclic) bond motifs is 2. The van der Waals surface area contributed by atoms with Gasteiger partial charge in [0.15, 0.2) is 4.80 Å². The molecular formula is C39H32ClN3O4S. The highest BCUT2D eigenvalue weighted by Gasteiger charge is 2.37. The third-order valence-corrected chi connectivity index (χ3v) is 9.87. The number of carbonyl (C=O) groups is 1. The second-order valence-corrected chi connectivity index (χ2v) is 12.9. The van der Waals surface area contributed by atoms with Crippen molar-refractivity contribution in [3.8, 4) is 11.4 Å². The second-order valence-electron chi connectivity index (χ2n) is 11.5. The van der Waals surface area contributed by atoms with Crippen LogP contribution in [0, 0.1) is 13.8 Å². The van der Waals surface area contributed by atoms with Crippen molar-refractivity contribution in [1.82, 2.24) is 9.13 Å². The predicted octanol–water partition coefficient (Wildman–Crippen LogP) is 7.16. The Morgan fingerprint density at radius 3 is 2.44 bits per heavy atom. The molecule has 4 aromatic carbocycles. The van der Waals surface area contributed by atoms with Crippen LogP contribution in [0.3, 0.4) is 0 Å². The lowest BCUT2D eigenvalue weighted by molar-refractivity contribution is -0.138. The van der Waals surface area contributed by atoms with Crippen LogP contribution in [0.1, 0.15) is 41.0 Å². The molecule has 0 bridgehead atoms. The van der Waals surface area contributed by atoms with Crippen LogP contribution >= 0.6 is 22.9 Å². The van der Waals surface area contributed by atoms with Gasteiger partial charge in [0.2, 0.25) is 0 Å². The third-order valence-electron chi connectivity index (χ3n) is 8.64.